The zero-order chi connectivity index (χ0) is 22.8. The van der Waals surface area contributed by atoms with E-state index in [9.17, 15) is 24.3 Å². The maximum Gasteiger partial charge on any atom is 0.341 e. The summed E-state index contributed by atoms with van der Waals surface area (Å²) in [6.45, 7) is 4.07. The molecule has 2 N–H and O–H groups in total. The number of halogens is 2. The fourth-order valence-corrected chi connectivity index (χ4v) is 5.38. The smallest absolute Gasteiger partial charge is 0.341 e. The molecule has 1 aromatic heterocycles. The van der Waals surface area contributed by atoms with Gasteiger partial charge in [-0.05, 0) is 37.8 Å². The highest BCUT2D eigenvalue weighted by Gasteiger charge is 2.51. The molecular weight excluding hydrogens is 418 g/mol. The molecule has 1 saturated heterocycles. The third-order valence-corrected chi connectivity index (χ3v) is 7.23. The first-order chi connectivity index (χ1) is 15.3. The molecule has 2 heterocycles. The van der Waals surface area contributed by atoms with Crippen molar-refractivity contribution in [1.29, 1.82) is 5.26 Å². The van der Waals surface area contributed by atoms with Gasteiger partial charge in [-0.2, -0.15) is 5.26 Å². The highest BCUT2D eigenvalue weighted by Crippen LogP contribution is 2.48. The number of carbonyl (C=O) groups is 1. The lowest BCUT2D eigenvalue weighted by atomic mass is 9.96. The number of nitrogens with zero attached hydrogens (tertiary/aromatic N) is 3. The highest BCUT2D eigenvalue weighted by molar-refractivity contribution is 5.96. The van der Waals surface area contributed by atoms with E-state index in [1.807, 2.05) is 11.0 Å². The van der Waals surface area contributed by atoms with E-state index in [2.05, 4.69) is 12.2 Å². The highest BCUT2D eigenvalue weighted by atomic mass is 19.1. The summed E-state index contributed by atoms with van der Waals surface area (Å²) in [5, 5.41) is 22.8. The number of fused-ring (bicyclic) bond motifs is 1. The maximum absolute atomic E-state index is 15.4. The number of anilines is 1. The van der Waals surface area contributed by atoms with E-state index in [0.29, 0.717) is 19.0 Å². The van der Waals surface area contributed by atoms with Gasteiger partial charge in [0.15, 0.2) is 0 Å². The molecule has 0 unspecified atom stereocenters. The predicted octanol–water partition coefficient (Wildman–Crippen LogP) is 2.96. The average Bonchev–Trinajstić information content (AvgIpc) is 3.64. The first-order valence-electron chi connectivity index (χ1n) is 11.0. The van der Waals surface area contributed by atoms with Gasteiger partial charge in [0.25, 0.3) is 0 Å². The lowest BCUT2D eigenvalue weighted by molar-refractivity contribution is 0.0694. The molecule has 0 radical (unpaired) electrons. The van der Waals surface area contributed by atoms with Crippen LogP contribution in [0.3, 0.4) is 0 Å². The minimum absolute atomic E-state index is 0.0397. The molecule has 0 spiro atoms. The van der Waals surface area contributed by atoms with Crippen LogP contribution in [0.15, 0.2) is 17.1 Å². The maximum atomic E-state index is 15.4. The number of carboxylic acid groups (broad SMARTS) is 1. The number of nitrogens with one attached hydrogen (secondary N) is 1. The molecule has 3 aliphatic rings. The molecule has 0 amide bonds. The fraction of sp³-hybridized carbons (Fsp3) is 0.522. The number of carboxylic acids is 1. The molecule has 32 heavy (non-hydrogen) atoms. The molecule has 2 aliphatic carbocycles. The summed E-state index contributed by atoms with van der Waals surface area (Å²) in [6, 6.07) is 2.38. The molecule has 1 aromatic carbocycles. The van der Waals surface area contributed by atoms with Crippen LogP contribution in [0.4, 0.5) is 14.5 Å². The molecular formula is C23H24F2N4O3. The number of benzene rings is 1. The minimum Gasteiger partial charge on any atom is -0.477 e. The van der Waals surface area contributed by atoms with Crippen molar-refractivity contribution in [3.05, 3.63) is 39.4 Å². The van der Waals surface area contributed by atoms with E-state index >= 15 is 4.39 Å². The first kappa shape index (κ1) is 20.9. The van der Waals surface area contributed by atoms with Crippen molar-refractivity contribution >= 4 is 22.6 Å². The van der Waals surface area contributed by atoms with Crippen molar-refractivity contribution < 1.29 is 18.7 Å². The zero-order valence-corrected chi connectivity index (χ0v) is 17.7. The van der Waals surface area contributed by atoms with E-state index in [1.165, 1.54) is 4.57 Å². The first-order valence-corrected chi connectivity index (χ1v) is 11.0. The summed E-state index contributed by atoms with van der Waals surface area (Å²) in [5.41, 5.74) is -1.18. The Kier molecular flexibility index (Phi) is 4.75. The normalized spacial score (nSPS) is 25.7. The summed E-state index contributed by atoms with van der Waals surface area (Å²) >= 11 is 0. The van der Waals surface area contributed by atoms with Crippen LogP contribution in [-0.4, -0.2) is 47.0 Å². The predicted molar refractivity (Wildman–Crippen MR) is 114 cm³/mol. The Hall–Kier alpha value is -2.99. The van der Waals surface area contributed by atoms with E-state index in [0.717, 1.165) is 38.1 Å². The minimum atomic E-state index is -1.47. The van der Waals surface area contributed by atoms with E-state index in [1.54, 1.807) is 0 Å². The van der Waals surface area contributed by atoms with Crippen LogP contribution in [0.1, 0.15) is 54.6 Å². The van der Waals surface area contributed by atoms with Gasteiger partial charge in [-0.25, -0.2) is 13.6 Å². The van der Waals surface area contributed by atoms with Gasteiger partial charge >= 0.3 is 5.97 Å². The molecule has 1 aliphatic heterocycles. The van der Waals surface area contributed by atoms with Gasteiger partial charge in [-0.15, -0.1) is 0 Å². The van der Waals surface area contributed by atoms with Gasteiger partial charge in [0, 0.05) is 31.2 Å². The topological polar surface area (TPSA) is 98.4 Å². The van der Waals surface area contributed by atoms with Crippen LogP contribution < -0.4 is 15.6 Å². The van der Waals surface area contributed by atoms with Crippen LogP contribution in [-0.2, 0) is 0 Å². The molecule has 3 atom stereocenters. The molecule has 0 bridgehead atoms. The van der Waals surface area contributed by atoms with Gasteiger partial charge < -0.3 is 19.9 Å². The molecule has 3 fully saturated rings. The Morgan fingerprint density at radius 2 is 2.16 bits per heavy atom. The van der Waals surface area contributed by atoms with Crippen molar-refractivity contribution in [2.45, 2.75) is 50.4 Å². The van der Waals surface area contributed by atoms with Crippen molar-refractivity contribution in [2.75, 3.05) is 24.5 Å². The van der Waals surface area contributed by atoms with Crippen LogP contribution in [0, 0.1) is 23.1 Å². The second-order valence-electron chi connectivity index (χ2n) is 9.11. The molecule has 2 saturated carbocycles. The standard InChI is InChI=1S/C23H24F2N4O3/c1-2-27-23(4-5-23)12-3-6-28(10-12)20-14(9-26)19-13(7-17(20)25)21(30)15(22(31)32)11-29(19)18-8-16(18)24/h7,11-12,16,18,27H,2-6,8,10H2,1H3,(H,31,32)/t12-,16+,18-/m1/s1. The van der Waals surface area contributed by atoms with Gasteiger partial charge in [0.2, 0.25) is 5.43 Å². The van der Waals surface area contributed by atoms with Crippen LogP contribution >= 0.6 is 0 Å². The lowest BCUT2D eigenvalue weighted by Gasteiger charge is -2.26. The second-order valence-corrected chi connectivity index (χ2v) is 9.11. The third-order valence-electron chi connectivity index (χ3n) is 7.23. The quantitative estimate of drug-likeness (QED) is 0.714. The number of pyridine rings is 1. The third kappa shape index (κ3) is 3.08. The van der Waals surface area contributed by atoms with Gasteiger partial charge in [0.1, 0.15) is 29.2 Å². The van der Waals surface area contributed by atoms with Crippen molar-refractivity contribution in [1.82, 2.24) is 9.88 Å². The molecule has 168 valence electrons. The van der Waals surface area contributed by atoms with E-state index < -0.39 is 35.0 Å². The van der Waals surface area contributed by atoms with Gasteiger partial charge in [-0.3, -0.25) is 4.79 Å². The molecule has 2 aromatic rings. The summed E-state index contributed by atoms with van der Waals surface area (Å²) < 4.78 is 30.7. The Balaban J connectivity index is 1.66. The molecule has 7 nitrogen and oxygen atoms in total. The van der Waals surface area contributed by atoms with E-state index in [-0.39, 0.29) is 34.1 Å². The zero-order valence-electron chi connectivity index (χ0n) is 17.7. The largest absolute Gasteiger partial charge is 0.477 e. The van der Waals surface area contributed by atoms with Gasteiger partial charge in [-0.1, -0.05) is 6.92 Å². The lowest BCUT2D eigenvalue weighted by Crippen LogP contribution is -2.40. The number of rotatable bonds is 6. The van der Waals surface area contributed by atoms with Crippen LogP contribution in [0.2, 0.25) is 0 Å². The Morgan fingerprint density at radius 1 is 1.44 bits per heavy atom. The SMILES string of the molecule is CCNC1([C@@H]2CCN(c3c(F)cc4c(=O)c(C(=O)O)cn([C@@H]5C[C@@H]5F)c4c3C#N)C2)CC1. The van der Waals surface area contributed by atoms with Crippen LogP contribution in [0.5, 0.6) is 0 Å². The summed E-state index contributed by atoms with van der Waals surface area (Å²) in [5.74, 6) is -1.88. The van der Waals surface area contributed by atoms with Crippen molar-refractivity contribution in [3.8, 4) is 6.07 Å². The number of hydrogen-bond donors (Lipinski definition) is 2. The Bertz CT molecular complexity index is 1230. The Labute approximate surface area is 183 Å². The fourth-order valence-electron chi connectivity index (χ4n) is 5.38. The number of aromatic carboxylic acids is 1. The number of alkyl halides is 1. The molecule has 5 rings (SSSR count). The molecule has 9 heteroatoms. The number of aromatic nitrogens is 1. The van der Waals surface area contributed by atoms with Crippen molar-refractivity contribution in [2.24, 2.45) is 5.92 Å². The summed E-state index contributed by atoms with van der Waals surface area (Å²) in [7, 11) is 0. The van der Waals surface area contributed by atoms with Crippen molar-refractivity contribution in [3.63, 3.8) is 0 Å². The van der Waals surface area contributed by atoms with E-state index in [4.69, 9.17) is 0 Å². The van der Waals surface area contributed by atoms with Crippen LogP contribution in [0.25, 0.3) is 10.9 Å². The second kappa shape index (κ2) is 7.27. The number of hydrogen-bond acceptors (Lipinski definition) is 5. The number of nitriles is 1. The monoisotopic (exact) mass is 442 g/mol. The van der Waals surface area contributed by atoms with Gasteiger partial charge in [0.05, 0.1) is 22.6 Å². The summed E-state index contributed by atoms with van der Waals surface area (Å²) in [6.07, 6.45) is 3.05. The Morgan fingerprint density at radius 3 is 2.72 bits per heavy atom. The average molecular weight is 442 g/mol. The summed E-state index contributed by atoms with van der Waals surface area (Å²) in [4.78, 5) is 26.2.